The van der Waals surface area contributed by atoms with Gasteiger partial charge in [-0.05, 0) is 14.1 Å². The largest absolute Gasteiger partial charge is 0.339 e. The van der Waals surface area contributed by atoms with Crippen molar-refractivity contribution in [2.24, 2.45) is 0 Å². The van der Waals surface area contributed by atoms with E-state index in [-0.39, 0.29) is 0 Å². The molecule has 1 aromatic rings. The summed E-state index contributed by atoms with van der Waals surface area (Å²) in [7, 11) is 4.00. The lowest BCUT2D eigenvalue weighted by molar-refractivity contribution is 0.343. The Labute approximate surface area is 59.8 Å². The predicted octanol–water partition coefficient (Wildman–Crippen LogP) is -0.0261. The fraction of sp³-hybridized carbons (Fsp3) is 0.667. The molecule has 0 amide bonds. The van der Waals surface area contributed by atoms with Gasteiger partial charge in [-0.2, -0.15) is 4.98 Å². The van der Waals surface area contributed by atoms with Crippen LogP contribution in [0.5, 0.6) is 0 Å². The smallest absolute Gasteiger partial charge is 0.243 e. The first kappa shape index (κ1) is 7.21. The predicted molar refractivity (Wildman–Crippen MR) is 35.4 cm³/mol. The number of hydrogen-bond acceptors (Lipinski definition) is 4. The Hall–Kier alpha value is -0.900. The van der Waals surface area contributed by atoms with Crippen LogP contribution in [0.2, 0.25) is 0 Å². The lowest BCUT2D eigenvalue weighted by Crippen LogP contribution is -2.15. The molecular formula is C6H10N3O. The first-order valence-corrected chi connectivity index (χ1v) is 3.12. The van der Waals surface area contributed by atoms with E-state index in [1.807, 2.05) is 14.1 Å². The molecule has 0 N–H and O–H groups in total. The minimum atomic E-state index is 0.647. The maximum Gasteiger partial charge on any atom is 0.243 e. The first-order valence-electron chi connectivity index (χ1n) is 3.12. The normalized spacial score (nSPS) is 10.7. The molecule has 0 aromatic carbocycles. The average molecular weight is 140 g/mol. The minimum absolute atomic E-state index is 0.647. The van der Waals surface area contributed by atoms with Gasteiger partial charge in [-0.25, -0.2) is 0 Å². The highest BCUT2D eigenvalue weighted by molar-refractivity contribution is 4.73. The van der Waals surface area contributed by atoms with Crippen molar-refractivity contribution in [3.05, 3.63) is 12.2 Å². The molecule has 0 spiro atoms. The fourth-order valence-corrected chi connectivity index (χ4v) is 0.590. The summed E-state index contributed by atoms with van der Waals surface area (Å²) in [5.41, 5.74) is 0. The zero-order valence-electron chi connectivity index (χ0n) is 6.16. The van der Waals surface area contributed by atoms with Gasteiger partial charge in [0, 0.05) is 13.0 Å². The Balaban J connectivity index is 2.28. The molecule has 0 fully saturated rings. The third-order valence-electron chi connectivity index (χ3n) is 1.14. The van der Waals surface area contributed by atoms with Gasteiger partial charge in [-0.3, -0.25) is 0 Å². The molecule has 0 unspecified atom stereocenters. The number of rotatable bonds is 3. The molecule has 55 valence electrons. The second-order valence-electron chi connectivity index (χ2n) is 2.34. The van der Waals surface area contributed by atoms with E-state index in [0.29, 0.717) is 5.89 Å². The molecule has 1 aromatic heterocycles. The van der Waals surface area contributed by atoms with Crippen LogP contribution in [0.25, 0.3) is 0 Å². The molecule has 1 heterocycles. The molecule has 0 atom stereocenters. The second kappa shape index (κ2) is 3.31. The quantitative estimate of drug-likeness (QED) is 0.591. The molecule has 0 bridgehead atoms. The maximum atomic E-state index is 4.74. The third-order valence-corrected chi connectivity index (χ3v) is 1.14. The Kier molecular flexibility index (Phi) is 2.39. The first-order chi connectivity index (χ1) is 4.79. The van der Waals surface area contributed by atoms with Crippen molar-refractivity contribution in [2.75, 3.05) is 20.6 Å². The van der Waals surface area contributed by atoms with Crippen molar-refractivity contribution in [1.29, 1.82) is 0 Å². The summed E-state index contributed by atoms with van der Waals surface area (Å²) >= 11 is 0. The van der Waals surface area contributed by atoms with Crippen LogP contribution in [0.4, 0.5) is 0 Å². The zero-order chi connectivity index (χ0) is 7.40. The van der Waals surface area contributed by atoms with Gasteiger partial charge < -0.3 is 9.42 Å². The van der Waals surface area contributed by atoms with E-state index in [2.05, 4.69) is 21.4 Å². The Morgan fingerprint density at radius 2 is 2.40 bits per heavy atom. The van der Waals surface area contributed by atoms with Crippen LogP contribution in [-0.4, -0.2) is 35.7 Å². The van der Waals surface area contributed by atoms with Crippen molar-refractivity contribution < 1.29 is 4.52 Å². The van der Waals surface area contributed by atoms with Gasteiger partial charge in [0.15, 0.2) is 0 Å². The molecule has 0 aliphatic heterocycles. The van der Waals surface area contributed by atoms with Crippen LogP contribution in [0.1, 0.15) is 5.89 Å². The van der Waals surface area contributed by atoms with Gasteiger partial charge in [-0.15, -0.1) is 0 Å². The number of hydrogen-bond donors (Lipinski definition) is 0. The fourth-order valence-electron chi connectivity index (χ4n) is 0.590. The molecule has 4 heteroatoms. The van der Waals surface area contributed by atoms with E-state index in [0.717, 1.165) is 13.0 Å². The third kappa shape index (κ3) is 2.14. The maximum absolute atomic E-state index is 4.74. The summed E-state index contributed by atoms with van der Waals surface area (Å²) in [6.45, 7) is 0.927. The molecule has 10 heavy (non-hydrogen) atoms. The summed E-state index contributed by atoms with van der Waals surface area (Å²) in [6.07, 6.45) is 3.16. The molecule has 0 aliphatic carbocycles. The van der Waals surface area contributed by atoms with Crippen molar-refractivity contribution in [2.45, 2.75) is 6.42 Å². The van der Waals surface area contributed by atoms with Crippen LogP contribution < -0.4 is 0 Å². The highest BCUT2D eigenvalue weighted by Crippen LogP contribution is 1.91. The number of nitrogens with zero attached hydrogens (tertiary/aromatic N) is 3. The van der Waals surface area contributed by atoms with E-state index >= 15 is 0 Å². The summed E-state index contributed by atoms with van der Waals surface area (Å²) < 4.78 is 4.74. The molecule has 0 saturated heterocycles. The second-order valence-corrected chi connectivity index (χ2v) is 2.34. The van der Waals surface area contributed by atoms with Crippen LogP contribution >= 0.6 is 0 Å². The van der Waals surface area contributed by atoms with Crippen LogP contribution in [-0.2, 0) is 6.42 Å². The average Bonchev–Trinajstić information content (AvgIpc) is 2.34. The Morgan fingerprint density at radius 3 is 2.90 bits per heavy atom. The van der Waals surface area contributed by atoms with E-state index in [4.69, 9.17) is 4.52 Å². The van der Waals surface area contributed by atoms with Crippen LogP contribution in [0.3, 0.4) is 0 Å². The van der Waals surface area contributed by atoms with Gasteiger partial charge in [-0.1, -0.05) is 5.16 Å². The lowest BCUT2D eigenvalue weighted by Gasteiger charge is -2.05. The van der Waals surface area contributed by atoms with Crippen molar-refractivity contribution in [3.8, 4) is 0 Å². The van der Waals surface area contributed by atoms with E-state index in [1.165, 1.54) is 0 Å². The molecule has 4 nitrogen and oxygen atoms in total. The standard InChI is InChI=1S/C6H10N3O/c1-9(2)4-3-6-7-5-8-10-6/h3-4H2,1-2H3. The van der Waals surface area contributed by atoms with Gasteiger partial charge in [0.2, 0.25) is 12.2 Å². The zero-order valence-corrected chi connectivity index (χ0v) is 6.16. The van der Waals surface area contributed by atoms with Crippen molar-refractivity contribution >= 4 is 0 Å². The van der Waals surface area contributed by atoms with E-state index in [1.54, 1.807) is 0 Å². The van der Waals surface area contributed by atoms with Gasteiger partial charge in [0.1, 0.15) is 0 Å². The van der Waals surface area contributed by atoms with Gasteiger partial charge in [0.25, 0.3) is 0 Å². The summed E-state index contributed by atoms with van der Waals surface area (Å²) in [4.78, 5) is 5.82. The van der Waals surface area contributed by atoms with Crippen molar-refractivity contribution in [1.82, 2.24) is 15.0 Å². The lowest BCUT2D eigenvalue weighted by atomic mass is 10.4. The highest BCUT2D eigenvalue weighted by Gasteiger charge is 1.98. The Bertz CT molecular complexity index is 171. The molecule has 1 rings (SSSR count). The molecule has 1 radical (unpaired) electrons. The van der Waals surface area contributed by atoms with E-state index < -0.39 is 0 Å². The number of aromatic nitrogens is 2. The summed E-state index contributed by atoms with van der Waals surface area (Å²) in [5.74, 6) is 0.647. The van der Waals surface area contributed by atoms with Gasteiger partial charge in [0.05, 0.1) is 0 Å². The van der Waals surface area contributed by atoms with Gasteiger partial charge >= 0.3 is 0 Å². The van der Waals surface area contributed by atoms with Crippen molar-refractivity contribution in [3.63, 3.8) is 0 Å². The van der Waals surface area contributed by atoms with Crippen LogP contribution in [0.15, 0.2) is 4.52 Å². The van der Waals surface area contributed by atoms with E-state index in [9.17, 15) is 0 Å². The number of likely N-dealkylation sites (N-methyl/N-ethyl adjacent to an activating group) is 1. The SMILES string of the molecule is CN(C)CCc1n[c]no1. The summed E-state index contributed by atoms with van der Waals surface area (Å²) in [6, 6.07) is 0. The highest BCUT2D eigenvalue weighted by atomic mass is 16.5. The van der Waals surface area contributed by atoms with Crippen LogP contribution in [0, 0.1) is 6.33 Å². The molecular weight excluding hydrogens is 130 g/mol. The summed E-state index contributed by atoms with van der Waals surface area (Å²) in [5, 5.41) is 3.37. The topological polar surface area (TPSA) is 42.2 Å². The Morgan fingerprint density at radius 1 is 1.60 bits per heavy atom. The molecule has 0 saturated carbocycles. The minimum Gasteiger partial charge on any atom is -0.339 e. The monoisotopic (exact) mass is 140 g/mol. The molecule has 0 aliphatic rings.